The molecule has 0 saturated carbocycles. The first-order valence-corrected chi connectivity index (χ1v) is 5.79. The van der Waals surface area contributed by atoms with Crippen LogP contribution in [0.1, 0.15) is 18.1 Å². The van der Waals surface area contributed by atoms with Gasteiger partial charge in [-0.2, -0.15) is 14.0 Å². The Labute approximate surface area is 114 Å². The number of benzene rings is 1. The predicted octanol–water partition coefficient (Wildman–Crippen LogP) is 2.55. The highest BCUT2D eigenvalue weighted by atomic mass is 32.1. The van der Waals surface area contributed by atoms with E-state index in [1.165, 1.54) is 12.1 Å². The largest absolute Gasteiger partial charge is 0.466 e. The minimum atomic E-state index is -3.01. The van der Waals surface area contributed by atoms with Gasteiger partial charge in [0, 0.05) is 0 Å². The molecular weight excluding hydrogens is 276 g/mol. The van der Waals surface area contributed by atoms with E-state index in [-0.39, 0.29) is 29.2 Å². The lowest BCUT2D eigenvalue weighted by Crippen LogP contribution is -2.10. The SMILES string of the molecule is CCOC(=O)Cc1ccc(OC(F)F)c(S)c1C#N. The second-order valence-electron chi connectivity index (χ2n) is 3.42. The lowest BCUT2D eigenvalue weighted by atomic mass is 10.0. The molecule has 0 bridgehead atoms. The molecule has 0 unspecified atom stereocenters. The van der Waals surface area contributed by atoms with E-state index >= 15 is 0 Å². The summed E-state index contributed by atoms with van der Waals surface area (Å²) in [6, 6.07) is 4.42. The van der Waals surface area contributed by atoms with Crippen LogP contribution in [0.5, 0.6) is 5.75 Å². The summed E-state index contributed by atoms with van der Waals surface area (Å²) in [5.41, 5.74) is 0.377. The maximum absolute atomic E-state index is 12.1. The van der Waals surface area contributed by atoms with Gasteiger partial charge in [0.05, 0.1) is 23.5 Å². The molecule has 1 aromatic rings. The molecule has 0 atom stereocenters. The van der Waals surface area contributed by atoms with Crippen LogP contribution < -0.4 is 4.74 Å². The van der Waals surface area contributed by atoms with Gasteiger partial charge < -0.3 is 9.47 Å². The van der Waals surface area contributed by atoms with Crippen molar-refractivity contribution in [2.45, 2.75) is 24.9 Å². The zero-order valence-electron chi connectivity index (χ0n) is 10.0. The maximum Gasteiger partial charge on any atom is 0.387 e. The molecule has 0 aliphatic rings. The molecule has 0 heterocycles. The summed E-state index contributed by atoms with van der Waals surface area (Å²) in [4.78, 5) is 11.3. The van der Waals surface area contributed by atoms with Gasteiger partial charge in [-0.1, -0.05) is 6.07 Å². The van der Waals surface area contributed by atoms with Crippen molar-refractivity contribution in [1.82, 2.24) is 0 Å². The summed E-state index contributed by atoms with van der Waals surface area (Å²) in [7, 11) is 0. The van der Waals surface area contributed by atoms with Gasteiger partial charge in [0.25, 0.3) is 0 Å². The van der Waals surface area contributed by atoms with Gasteiger partial charge in [0.15, 0.2) is 0 Å². The van der Waals surface area contributed by atoms with Crippen molar-refractivity contribution >= 4 is 18.6 Å². The summed E-state index contributed by atoms with van der Waals surface area (Å²) in [5.74, 6) is -0.711. The average molecular weight is 287 g/mol. The van der Waals surface area contributed by atoms with Crippen molar-refractivity contribution in [3.8, 4) is 11.8 Å². The van der Waals surface area contributed by atoms with Crippen LogP contribution in [0.2, 0.25) is 0 Å². The first kappa shape index (κ1) is 15.2. The first-order valence-electron chi connectivity index (χ1n) is 5.35. The molecule has 0 spiro atoms. The number of alkyl halides is 2. The van der Waals surface area contributed by atoms with Crippen LogP contribution in [0, 0.1) is 11.3 Å². The molecule has 102 valence electrons. The molecule has 0 radical (unpaired) electrons. The van der Waals surface area contributed by atoms with Crippen molar-refractivity contribution in [3.05, 3.63) is 23.3 Å². The lowest BCUT2D eigenvalue weighted by Gasteiger charge is -2.11. The molecule has 1 aromatic carbocycles. The van der Waals surface area contributed by atoms with Gasteiger partial charge >= 0.3 is 12.6 Å². The first-order chi connectivity index (χ1) is 8.99. The van der Waals surface area contributed by atoms with E-state index in [1.54, 1.807) is 6.92 Å². The highest BCUT2D eigenvalue weighted by Gasteiger charge is 2.16. The normalized spacial score (nSPS) is 10.1. The minimum absolute atomic E-state index is 0.0227. The van der Waals surface area contributed by atoms with Crippen LogP contribution in [0.4, 0.5) is 8.78 Å². The number of esters is 1. The van der Waals surface area contributed by atoms with Gasteiger partial charge in [-0.15, -0.1) is 12.6 Å². The molecule has 1 rings (SSSR count). The van der Waals surface area contributed by atoms with Gasteiger partial charge in [-0.3, -0.25) is 4.79 Å². The van der Waals surface area contributed by atoms with Gasteiger partial charge in [0.1, 0.15) is 11.8 Å². The molecule has 4 nitrogen and oxygen atoms in total. The second-order valence-corrected chi connectivity index (χ2v) is 3.87. The van der Waals surface area contributed by atoms with Crippen LogP contribution in [-0.4, -0.2) is 19.2 Å². The van der Waals surface area contributed by atoms with E-state index in [4.69, 9.17) is 10.00 Å². The zero-order valence-corrected chi connectivity index (χ0v) is 10.9. The number of hydrogen-bond acceptors (Lipinski definition) is 5. The Morgan fingerprint density at radius 2 is 2.21 bits per heavy atom. The monoisotopic (exact) mass is 287 g/mol. The number of nitriles is 1. The number of thiol groups is 1. The number of ether oxygens (including phenoxy) is 2. The van der Waals surface area contributed by atoms with Crippen LogP contribution in [0.15, 0.2) is 17.0 Å². The highest BCUT2D eigenvalue weighted by molar-refractivity contribution is 7.80. The van der Waals surface area contributed by atoms with E-state index in [2.05, 4.69) is 17.4 Å². The van der Waals surface area contributed by atoms with Crippen LogP contribution in [0.25, 0.3) is 0 Å². The van der Waals surface area contributed by atoms with Crippen molar-refractivity contribution < 1.29 is 23.0 Å². The lowest BCUT2D eigenvalue weighted by molar-refractivity contribution is -0.142. The summed E-state index contributed by atoms with van der Waals surface area (Å²) >= 11 is 3.98. The van der Waals surface area contributed by atoms with Crippen LogP contribution >= 0.6 is 12.6 Å². The third-order valence-corrected chi connectivity index (χ3v) is 2.64. The van der Waals surface area contributed by atoms with Crippen molar-refractivity contribution in [2.24, 2.45) is 0 Å². The van der Waals surface area contributed by atoms with Gasteiger partial charge in [-0.25, -0.2) is 0 Å². The van der Waals surface area contributed by atoms with E-state index in [1.807, 2.05) is 6.07 Å². The molecule has 0 saturated heterocycles. The number of nitrogens with zero attached hydrogens (tertiary/aromatic N) is 1. The standard InChI is InChI=1S/C12H11F2NO3S/c1-2-17-10(16)5-7-3-4-9(18-12(13)14)11(19)8(7)6-15/h3-4,12,19H,2,5H2,1H3. The number of hydrogen-bond donors (Lipinski definition) is 1. The molecular formula is C12H11F2NO3S. The molecule has 0 amide bonds. The van der Waals surface area contributed by atoms with E-state index < -0.39 is 12.6 Å². The smallest absolute Gasteiger partial charge is 0.387 e. The van der Waals surface area contributed by atoms with E-state index in [0.29, 0.717) is 5.56 Å². The Morgan fingerprint density at radius 1 is 1.53 bits per heavy atom. The molecule has 0 aromatic heterocycles. The van der Waals surface area contributed by atoms with Crippen LogP contribution in [-0.2, 0) is 16.0 Å². The second kappa shape index (κ2) is 6.95. The van der Waals surface area contributed by atoms with Gasteiger partial charge in [0.2, 0.25) is 0 Å². The predicted molar refractivity (Wildman–Crippen MR) is 65.4 cm³/mol. The number of carbonyl (C=O) groups excluding carboxylic acids is 1. The summed E-state index contributed by atoms with van der Waals surface area (Å²) < 4.78 is 33.2. The Hall–Kier alpha value is -1.81. The molecule has 0 aliphatic carbocycles. The molecule has 19 heavy (non-hydrogen) atoms. The van der Waals surface area contributed by atoms with Crippen molar-refractivity contribution in [3.63, 3.8) is 0 Å². The van der Waals surface area contributed by atoms with Crippen LogP contribution in [0.3, 0.4) is 0 Å². The fourth-order valence-corrected chi connectivity index (χ4v) is 1.77. The van der Waals surface area contributed by atoms with E-state index in [0.717, 1.165) is 0 Å². The Morgan fingerprint density at radius 3 is 2.74 bits per heavy atom. The highest BCUT2D eigenvalue weighted by Crippen LogP contribution is 2.30. The Balaban J connectivity index is 3.05. The maximum atomic E-state index is 12.1. The average Bonchev–Trinajstić information content (AvgIpc) is 2.33. The molecule has 7 heteroatoms. The van der Waals surface area contributed by atoms with Gasteiger partial charge in [-0.05, 0) is 18.6 Å². The number of carbonyl (C=O) groups is 1. The Kier molecular flexibility index (Phi) is 5.57. The minimum Gasteiger partial charge on any atom is -0.466 e. The molecule has 0 aliphatic heterocycles. The summed E-state index contributed by atoms with van der Waals surface area (Å²) in [6.45, 7) is -1.12. The van der Waals surface area contributed by atoms with Crippen molar-refractivity contribution in [1.29, 1.82) is 5.26 Å². The third kappa shape index (κ3) is 4.10. The third-order valence-electron chi connectivity index (χ3n) is 2.20. The van der Waals surface area contributed by atoms with E-state index in [9.17, 15) is 13.6 Å². The van der Waals surface area contributed by atoms with Crippen molar-refractivity contribution in [2.75, 3.05) is 6.61 Å². The quantitative estimate of drug-likeness (QED) is 0.668. The summed E-state index contributed by atoms with van der Waals surface area (Å²) in [5, 5.41) is 9.01. The molecule has 0 fully saturated rings. The molecule has 0 N–H and O–H groups in total. The number of rotatable bonds is 5. The fourth-order valence-electron chi connectivity index (χ4n) is 1.44. The fraction of sp³-hybridized carbons (Fsp3) is 0.333. The zero-order chi connectivity index (χ0) is 14.4. The Bertz CT molecular complexity index is 514. The number of halogens is 2. The summed E-state index contributed by atoms with van der Waals surface area (Å²) in [6.07, 6.45) is -0.126. The topological polar surface area (TPSA) is 59.3 Å².